The molecule has 0 aromatic carbocycles. The first-order valence-electron chi connectivity index (χ1n) is 5.09. The van der Waals surface area contributed by atoms with Crippen LogP contribution < -0.4 is 5.32 Å². The van der Waals surface area contributed by atoms with Crippen LogP contribution in [0.25, 0.3) is 11.1 Å². The molecule has 0 spiro atoms. The van der Waals surface area contributed by atoms with Crippen LogP contribution in [0, 0.1) is 0 Å². The molecule has 2 aromatic rings. The van der Waals surface area contributed by atoms with Crippen molar-refractivity contribution >= 4 is 11.1 Å². The molecule has 1 saturated heterocycles. The molecule has 1 N–H and O–H groups in total. The summed E-state index contributed by atoms with van der Waals surface area (Å²) in [7, 11) is 0. The second-order valence-corrected chi connectivity index (χ2v) is 3.62. The lowest BCUT2D eigenvalue weighted by Gasteiger charge is -2.21. The van der Waals surface area contributed by atoms with E-state index < -0.39 is 0 Å². The molecule has 2 aromatic heterocycles. The van der Waals surface area contributed by atoms with Gasteiger partial charge in [0.05, 0.1) is 19.3 Å². The van der Waals surface area contributed by atoms with Gasteiger partial charge in [-0.15, -0.1) is 0 Å². The Kier molecular flexibility index (Phi) is 2.16. The van der Waals surface area contributed by atoms with E-state index in [-0.39, 0.29) is 6.04 Å². The third kappa shape index (κ3) is 1.62. The van der Waals surface area contributed by atoms with E-state index in [1.165, 1.54) is 0 Å². The third-order valence-corrected chi connectivity index (χ3v) is 2.57. The molecular weight excluding hydrogens is 192 g/mol. The maximum absolute atomic E-state index is 5.70. The van der Waals surface area contributed by atoms with Crippen LogP contribution in [0.3, 0.4) is 0 Å². The lowest BCUT2D eigenvalue weighted by Crippen LogP contribution is -2.34. The number of fused-ring (bicyclic) bond motifs is 1. The van der Waals surface area contributed by atoms with Gasteiger partial charge in [0.2, 0.25) is 0 Å². The normalized spacial score (nSPS) is 22.0. The quantitative estimate of drug-likeness (QED) is 0.764. The Hall–Kier alpha value is -1.39. The van der Waals surface area contributed by atoms with Crippen LogP contribution in [0.2, 0.25) is 0 Å². The topological polar surface area (TPSA) is 47.3 Å². The van der Waals surface area contributed by atoms with Crippen molar-refractivity contribution in [2.45, 2.75) is 6.04 Å². The van der Waals surface area contributed by atoms with Gasteiger partial charge in [-0.05, 0) is 12.1 Å². The SMILES string of the molecule is c1cnc2cc(C3COCCN3)oc2c1. The van der Waals surface area contributed by atoms with Crippen molar-refractivity contribution in [1.82, 2.24) is 10.3 Å². The van der Waals surface area contributed by atoms with Crippen LogP contribution in [0.4, 0.5) is 0 Å². The van der Waals surface area contributed by atoms with E-state index in [1.54, 1.807) is 6.20 Å². The number of nitrogens with one attached hydrogen (secondary N) is 1. The van der Waals surface area contributed by atoms with E-state index in [2.05, 4.69) is 10.3 Å². The standard InChI is InChI=1S/C11H12N2O2/c1-2-10-8(12-3-1)6-11(15-10)9-7-14-5-4-13-9/h1-3,6,9,13H,4-5,7H2. The summed E-state index contributed by atoms with van der Waals surface area (Å²) >= 11 is 0. The number of aromatic nitrogens is 1. The molecule has 3 rings (SSSR count). The fraction of sp³-hybridized carbons (Fsp3) is 0.364. The Balaban J connectivity index is 1.96. The number of furan rings is 1. The second-order valence-electron chi connectivity index (χ2n) is 3.62. The van der Waals surface area contributed by atoms with Crippen molar-refractivity contribution in [3.63, 3.8) is 0 Å². The van der Waals surface area contributed by atoms with Gasteiger partial charge in [-0.25, -0.2) is 0 Å². The highest BCUT2D eigenvalue weighted by molar-refractivity contribution is 5.72. The summed E-state index contributed by atoms with van der Waals surface area (Å²) in [6.45, 7) is 2.31. The minimum Gasteiger partial charge on any atom is -0.458 e. The van der Waals surface area contributed by atoms with Crippen molar-refractivity contribution in [3.8, 4) is 0 Å². The van der Waals surface area contributed by atoms with Gasteiger partial charge in [0.25, 0.3) is 0 Å². The van der Waals surface area contributed by atoms with Gasteiger partial charge in [0, 0.05) is 18.8 Å². The molecule has 0 radical (unpaired) electrons. The van der Waals surface area contributed by atoms with Gasteiger partial charge >= 0.3 is 0 Å². The maximum atomic E-state index is 5.70. The van der Waals surface area contributed by atoms with E-state index in [1.807, 2.05) is 18.2 Å². The molecule has 15 heavy (non-hydrogen) atoms. The van der Waals surface area contributed by atoms with E-state index >= 15 is 0 Å². The molecule has 1 aliphatic heterocycles. The van der Waals surface area contributed by atoms with Gasteiger partial charge in [0.1, 0.15) is 11.3 Å². The molecule has 0 aliphatic carbocycles. The van der Waals surface area contributed by atoms with Gasteiger partial charge in [-0.2, -0.15) is 0 Å². The predicted octanol–water partition coefficient (Wildman–Crippen LogP) is 1.49. The van der Waals surface area contributed by atoms with Crippen molar-refractivity contribution in [2.75, 3.05) is 19.8 Å². The Bertz CT molecular complexity index is 427. The van der Waals surface area contributed by atoms with Crippen LogP contribution in [0.5, 0.6) is 0 Å². The Labute approximate surface area is 87.2 Å². The van der Waals surface area contributed by atoms with Crippen molar-refractivity contribution in [1.29, 1.82) is 0 Å². The maximum Gasteiger partial charge on any atom is 0.152 e. The first-order chi connectivity index (χ1) is 7.43. The fourth-order valence-electron chi connectivity index (χ4n) is 1.81. The van der Waals surface area contributed by atoms with Crippen LogP contribution in [-0.4, -0.2) is 24.7 Å². The number of ether oxygens (including phenoxy) is 1. The van der Waals surface area contributed by atoms with Crippen LogP contribution in [0.1, 0.15) is 11.8 Å². The molecule has 1 fully saturated rings. The highest BCUT2D eigenvalue weighted by atomic mass is 16.5. The number of hydrogen-bond donors (Lipinski definition) is 1. The highest BCUT2D eigenvalue weighted by Crippen LogP contribution is 2.23. The smallest absolute Gasteiger partial charge is 0.152 e. The summed E-state index contributed by atoms with van der Waals surface area (Å²) < 4.78 is 11.1. The summed E-state index contributed by atoms with van der Waals surface area (Å²) in [5, 5.41) is 3.35. The molecule has 78 valence electrons. The van der Waals surface area contributed by atoms with Gasteiger partial charge in [-0.3, -0.25) is 4.98 Å². The van der Waals surface area contributed by atoms with Crippen LogP contribution >= 0.6 is 0 Å². The van der Waals surface area contributed by atoms with Gasteiger partial charge < -0.3 is 14.5 Å². The average molecular weight is 204 g/mol. The zero-order valence-electron chi connectivity index (χ0n) is 8.27. The van der Waals surface area contributed by atoms with Gasteiger partial charge in [-0.1, -0.05) is 0 Å². The molecule has 3 heterocycles. The zero-order valence-corrected chi connectivity index (χ0v) is 8.27. The highest BCUT2D eigenvalue weighted by Gasteiger charge is 2.19. The summed E-state index contributed by atoms with van der Waals surface area (Å²) in [4.78, 5) is 4.23. The lowest BCUT2D eigenvalue weighted by atomic mass is 10.2. The molecule has 1 unspecified atom stereocenters. The molecule has 0 bridgehead atoms. The minimum atomic E-state index is 0.160. The molecule has 0 amide bonds. The van der Waals surface area contributed by atoms with Crippen LogP contribution in [-0.2, 0) is 4.74 Å². The second kappa shape index (κ2) is 3.64. The fourth-order valence-corrected chi connectivity index (χ4v) is 1.81. The lowest BCUT2D eigenvalue weighted by molar-refractivity contribution is 0.0705. The zero-order chi connectivity index (χ0) is 10.1. The van der Waals surface area contributed by atoms with Crippen molar-refractivity contribution < 1.29 is 9.15 Å². The number of rotatable bonds is 1. The van der Waals surface area contributed by atoms with Crippen molar-refractivity contribution in [3.05, 3.63) is 30.2 Å². The van der Waals surface area contributed by atoms with Crippen molar-refractivity contribution in [2.24, 2.45) is 0 Å². The molecule has 4 nitrogen and oxygen atoms in total. The average Bonchev–Trinajstić information content (AvgIpc) is 2.74. The molecule has 4 heteroatoms. The van der Waals surface area contributed by atoms with E-state index in [9.17, 15) is 0 Å². The Morgan fingerprint density at radius 2 is 2.47 bits per heavy atom. The van der Waals surface area contributed by atoms with Crippen LogP contribution in [0.15, 0.2) is 28.8 Å². The molecular formula is C11H12N2O2. The Morgan fingerprint density at radius 1 is 1.47 bits per heavy atom. The summed E-state index contributed by atoms with van der Waals surface area (Å²) in [5.41, 5.74) is 1.74. The molecule has 1 atom stereocenters. The Morgan fingerprint density at radius 3 is 3.27 bits per heavy atom. The van der Waals surface area contributed by atoms with Gasteiger partial charge in [0.15, 0.2) is 5.58 Å². The largest absolute Gasteiger partial charge is 0.458 e. The number of morpholine rings is 1. The van der Waals surface area contributed by atoms with E-state index in [0.29, 0.717) is 6.61 Å². The number of pyridine rings is 1. The van der Waals surface area contributed by atoms with E-state index in [0.717, 1.165) is 30.0 Å². The first kappa shape index (κ1) is 8.88. The minimum absolute atomic E-state index is 0.160. The van der Waals surface area contributed by atoms with E-state index in [4.69, 9.17) is 9.15 Å². The number of hydrogen-bond acceptors (Lipinski definition) is 4. The summed E-state index contributed by atoms with van der Waals surface area (Å²) in [6, 6.07) is 5.94. The number of nitrogens with zero attached hydrogens (tertiary/aromatic N) is 1. The predicted molar refractivity (Wildman–Crippen MR) is 55.6 cm³/mol. The summed E-state index contributed by atoms with van der Waals surface area (Å²) in [6.07, 6.45) is 1.77. The monoisotopic (exact) mass is 204 g/mol. The first-order valence-corrected chi connectivity index (χ1v) is 5.09. The molecule has 1 aliphatic rings. The molecule has 0 saturated carbocycles. The summed E-state index contributed by atoms with van der Waals surface area (Å²) in [5.74, 6) is 0.906. The third-order valence-electron chi connectivity index (χ3n) is 2.57.